The predicted octanol–water partition coefficient (Wildman–Crippen LogP) is 1.76. The highest BCUT2D eigenvalue weighted by molar-refractivity contribution is 5.92. The summed E-state index contributed by atoms with van der Waals surface area (Å²) in [4.78, 5) is 28.4. The van der Waals surface area contributed by atoms with Crippen LogP contribution in [0.1, 0.15) is 17.0 Å². The number of aryl methyl sites for hydroxylation is 2. The molecular weight excluding hydrogens is 351 g/mol. The van der Waals surface area contributed by atoms with Crippen LogP contribution in [0, 0.1) is 19.7 Å². The smallest absolute Gasteiger partial charge is 0.238 e. The second kappa shape index (κ2) is 8.30. The Morgan fingerprint density at radius 1 is 1.22 bits per heavy atom. The molecule has 2 aromatic rings. The highest BCUT2D eigenvalue weighted by atomic mass is 19.1. The van der Waals surface area contributed by atoms with Gasteiger partial charge in [-0.15, -0.1) is 0 Å². The van der Waals surface area contributed by atoms with Gasteiger partial charge >= 0.3 is 0 Å². The zero-order valence-electron chi connectivity index (χ0n) is 15.5. The normalized spacial score (nSPS) is 15.0. The van der Waals surface area contributed by atoms with Crippen LogP contribution in [-0.4, -0.2) is 59.5 Å². The van der Waals surface area contributed by atoms with Gasteiger partial charge in [-0.1, -0.05) is 11.2 Å². The van der Waals surface area contributed by atoms with Crippen molar-refractivity contribution in [3.63, 3.8) is 0 Å². The van der Waals surface area contributed by atoms with E-state index < -0.39 is 5.82 Å². The number of nitrogens with zero attached hydrogens (tertiary/aromatic N) is 3. The van der Waals surface area contributed by atoms with Crippen molar-refractivity contribution >= 4 is 17.5 Å². The second-order valence-electron chi connectivity index (χ2n) is 6.69. The molecule has 7 nitrogen and oxygen atoms in total. The van der Waals surface area contributed by atoms with Gasteiger partial charge in [0.2, 0.25) is 11.8 Å². The summed E-state index contributed by atoms with van der Waals surface area (Å²) in [6.45, 7) is 6.20. The molecule has 0 unspecified atom stereocenters. The number of halogens is 1. The van der Waals surface area contributed by atoms with Gasteiger partial charge < -0.3 is 14.7 Å². The molecule has 1 aromatic heterocycles. The van der Waals surface area contributed by atoms with Crippen LogP contribution >= 0.6 is 0 Å². The Hall–Kier alpha value is -2.74. The van der Waals surface area contributed by atoms with Gasteiger partial charge in [-0.25, -0.2) is 4.39 Å². The first-order valence-electron chi connectivity index (χ1n) is 8.89. The van der Waals surface area contributed by atoms with Crippen molar-refractivity contribution in [2.45, 2.75) is 20.3 Å². The number of carbonyl (C=O) groups is 2. The Balaban J connectivity index is 1.46. The van der Waals surface area contributed by atoms with Crippen molar-refractivity contribution < 1.29 is 18.5 Å². The van der Waals surface area contributed by atoms with Crippen molar-refractivity contribution in [3.05, 3.63) is 47.1 Å². The SMILES string of the molecule is Cc1noc(C)c1CC(=O)N1CCN(CC(=O)Nc2cccc(F)c2)CC1. The maximum atomic E-state index is 13.2. The summed E-state index contributed by atoms with van der Waals surface area (Å²) < 4.78 is 18.3. The van der Waals surface area contributed by atoms with Gasteiger partial charge in [0.15, 0.2) is 0 Å². The number of carbonyl (C=O) groups excluding carboxylic acids is 2. The molecule has 144 valence electrons. The largest absolute Gasteiger partial charge is 0.361 e. The van der Waals surface area contributed by atoms with Crippen molar-refractivity contribution in [3.8, 4) is 0 Å². The summed E-state index contributed by atoms with van der Waals surface area (Å²) in [6, 6.07) is 5.80. The highest BCUT2D eigenvalue weighted by Crippen LogP contribution is 2.15. The number of benzene rings is 1. The molecule has 1 aromatic carbocycles. The van der Waals surface area contributed by atoms with E-state index in [1.54, 1.807) is 24.0 Å². The lowest BCUT2D eigenvalue weighted by molar-refractivity contribution is -0.132. The third-order valence-electron chi connectivity index (χ3n) is 4.71. The van der Waals surface area contributed by atoms with Crippen LogP contribution in [0.15, 0.2) is 28.8 Å². The number of nitrogens with one attached hydrogen (secondary N) is 1. The molecule has 0 atom stereocenters. The summed E-state index contributed by atoms with van der Waals surface area (Å²) in [5.74, 6) is 0.121. The van der Waals surface area contributed by atoms with Crippen LogP contribution in [-0.2, 0) is 16.0 Å². The summed E-state index contributed by atoms with van der Waals surface area (Å²) >= 11 is 0. The first kappa shape index (κ1) is 19.0. The van der Waals surface area contributed by atoms with E-state index in [9.17, 15) is 14.0 Å². The minimum absolute atomic E-state index is 0.0354. The molecule has 1 fully saturated rings. The van der Waals surface area contributed by atoms with Crippen molar-refractivity contribution in [1.29, 1.82) is 0 Å². The molecule has 1 aliphatic heterocycles. The Morgan fingerprint density at radius 2 is 1.96 bits per heavy atom. The van der Waals surface area contributed by atoms with E-state index in [0.29, 0.717) is 37.6 Å². The molecule has 0 aliphatic carbocycles. The molecular formula is C19H23FN4O3. The van der Waals surface area contributed by atoms with E-state index in [4.69, 9.17) is 4.52 Å². The van der Waals surface area contributed by atoms with Crippen LogP contribution in [0.3, 0.4) is 0 Å². The topological polar surface area (TPSA) is 78.7 Å². The fourth-order valence-corrected chi connectivity index (χ4v) is 3.14. The Labute approximate surface area is 157 Å². The molecule has 2 amide bonds. The fraction of sp³-hybridized carbons (Fsp3) is 0.421. The van der Waals surface area contributed by atoms with Gasteiger partial charge in [0.25, 0.3) is 0 Å². The maximum absolute atomic E-state index is 13.2. The number of hydrogen-bond acceptors (Lipinski definition) is 5. The van der Waals surface area contributed by atoms with Crippen LogP contribution in [0.5, 0.6) is 0 Å². The molecule has 0 saturated carbocycles. The number of anilines is 1. The number of piperazine rings is 1. The summed E-state index contributed by atoms with van der Waals surface area (Å²) in [6.07, 6.45) is 0.279. The van der Waals surface area contributed by atoms with Gasteiger partial charge in [0, 0.05) is 37.4 Å². The number of rotatable bonds is 5. The molecule has 1 saturated heterocycles. The minimum atomic E-state index is -0.391. The molecule has 3 rings (SSSR count). The third kappa shape index (κ3) is 4.91. The standard InChI is InChI=1S/C19H23FN4O3/c1-13-17(14(2)27-22-13)11-19(26)24-8-6-23(7-9-24)12-18(25)21-16-5-3-4-15(20)10-16/h3-5,10H,6-9,11-12H2,1-2H3,(H,21,25). The lowest BCUT2D eigenvalue weighted by atomic mass is 10.1. The van der Waals surface area contributed by atoms with Crippen molar-refractivity contribution in [1.82, 2.24) is 15.0 Å². The Bertz CT molecular complexity index is 809. The van der Waals surface area contributed by atoms with E-state index in [1.165, 1.54) is 12.1 Å². The van der Waals surface area contributed by atoms with Crippen LogP contribution in [0.4, 0.5) is 10.1 Å². The average molecular weight is 374 g/mol. The first-order valence-corrected chi connectivity index (χ1v) is 8.89. The summed E-state index contributed by atoms with van der Waals surface area (Å²) in [5.41, 5.74) is 2.03. The maximum Gasteiger partial charge on any atom is 0.238 e. The third-order valence-corrected chi connectivity index (χ3v) is 4.71. The van der Waals surface area contributed by atoms with Crippen LogP contribution in [0.25, 0.3) is 0 Å². The van der Waals surface area contributed by atoms with Gasteiger partial charge in [-0.05, 0) is 32.0 Å². The summed E-state index contributed by atoms with van der Waals surface area (Å²) in [5, 5.41) is 6.56. The lowest BCUT2D eigenvalue weighted by Gasteiger charge is -2.34. The second-order valence-corrected chi connectivity index (χ2v) is 6.69. The molecule has 1 N–H and O–H groups in total. The van der Waals surface area contributed by atoms with Crippen LogP contribution in [0.2, 0.25) is 0 Å². The molecule has 0 bridgehead atoms. The Kier molecular flexibility index (Phi) is 5.85. The number of amides is 2. The van der Waals surface area contributed by atoms with E-state index in [2.05, 4.69) is 10.5 Å². The number of aromatic nitrogens is 1. The van der Waals surface area contributed by atoms with Crippen molar-refractivity contribution in [2.75, 3.05) is 38.0 Å². The van der Waals surface area contributed by atoms with E-state index >= 15 is 0 Å². The van der Waals surface area contributed by atoms with E-state index in [0.717, 1.165) is 11.3 Å². The Morgan fingerprint density at radius 3 is 2.59 bits per heavy atom. The number of hydrogen-bond donors (Lipinski definition) is 1. The monoisotopic (exact) mass is 374 g/mol. The average Bonchev–Trinajstić information content (AvgIpc) is 2.94. The lowest BCUT2D eigenvalue weighted by Crippen LogP contribution is -2.50. The highest BCUT2D eigenvalue weighted by Gasteiger charge is 2.24. The van der Waals surface area contributed by atoms with Crippen LogP contribution < -0.4 is 5.32 Å². The summed E-state index contributed by atoms with van der Waals surface area (Å²) in [7, 11) is 0. The molecule has 0 radical (unpaired) electrons. The van der Waals surface area contributed by atoms with E-state index in [-0.39, 0.29) is 24.8 Å². The van der Waals surface area contributed by atoms with Gasteiger partial charge in [0.1, 0.15) is 11.6 Å². The zero-order chi connectivity index (χ0) is 19.4. The van der Waals surface area contributed by atoms with Gasteiger partial charge in [0.05, 0.1) is 18.7 Å². The van der Waals surface area contributed by atoms with Crippen molar-refractivity contribution in [2.24, 2.45) is 0 Å². The molecule has 8 heteroatoms. The molecule has 27 heavy (non-hydrogen) atoms. The fourth-order valence-electron chi connectivity index (χ4n) is 3.14. The quantitative estimate of drug-likeness (QED) is 0.863. The minimum Gasteiger partial charge on any atom is -0.361 e. The predicted molar refractivity (Wildman–Crippen MR) is 97.7 cm³/mol. The van der Waals surface area contributed by atoms with E-state index in [1.807, 2.05) is 11.8 Å². The van der Waals surface area contributed by atoms with Gasteiger partial charge in [-0.3, -0.25) is 14.5 Å². The molecule has 1 aliphatic rings. The zero-order valence-corrected chi connectivity index (χ0v) is 15.5. The molecule has 2 heterocycles. The molecule has 0 spiro atoms. The van der Waals surface area contributed by atoms with Gasteiger partial charge in [-0.2, -0.15) is 0 Å². The first-order chi connectivity index (χ1) is 12.9.